The van der Waals surface area contributed by atoms with Gasteiger partial charge in [0.2, 0.25) is 0 Å². The number of Topliss-reactive ketones (excluding diaryl/α,β-unsaturated/α-hetero) is 1. The molecular formula is C11H18N2O3. The highest BCUT2D eigenvalue weighted by Crippen LogP contribution is 2.10. The predicted octanol–water partition coefficient (Wildman–Crippen LogP) is 1.58. The normalized spacial score (nSPS) is 12.5. The highest BCUT2D eigenvalue weighted by molar-refractivity contribution is 5.81. The first kappa shape index (κ1) is 14.4. The van der Waals surface area contributed by atoms with E-state index < -0.39 is 17.6 Å². The van der Waals surface area contributed by atoms with Crippen LogP contribution in [0, 0.1) is 17.2 Å². The molecule has 0 aromatic rings. The molecule has 0 aromatic carbocycles. The van der Waals surface area contributed by atoms with Crippen LogP contribution in [0.15, 0.2) is 0 Å². The van der Waals surface area contributed by atoms with Crippen LogP contribution in [-0.2, 0) is 9.53 Å². The van der Waals surface area contributed by atoms with Crippen LogP contribution in [0.2, 0.25) is 0 Å². The number of carbonyl (C=O) groups is 2. The third kappa shape index (κ3) is 5.35. The lowest BCUT2D eigenvalue weighted by atomic mass is 10.1. The monoisotopic (exact) mass is 226 g/mol. The molecule has 5 nitrogen and oxygen atoms in total. The number of nitriles is 1. The lowest BCUT2D eigenvalue weighted by Crippen LogP contribution is -2.38. The molecule has 0 aliphatic carbocycles. The zero-order valence-electron chi connectivity index (χ0n) is 10.4. The first-order valence-corrected chi connectivity index (χ1v) is 5.01. The number of carbonyl (C=O) groups excluding carboxylic acids is 2. The maximum atomic E-state index is 11.5. The van der Waals surface area contributed by atoms with E-state index in [4.69, 9.17) is 10.00 Å². The Hall–Kier alpha value is -1.57. The van der Waals surface area contributed by atoms with Crippen LogP contribution in [0.1, 0.15) is 27.7 Å². The largest absolute Gasteiger partial charge is 0.444 e. The number of amides is 1. The van der Waals surface area contributed by atoms with Gasteiger partial charge < -0.3 is 9.64 Å². The molecular weight excluding hydrogens is 208 g/mol. The number of hydrogen-bond donors (Lipinski definition) is 0. The highest BCUT2D eigenvalue weighted by Gasteiger charge is 2.23. The number of hydrogen-bond acceptors (Lipinski definition) is 4. The van der Waals surface area contributed by atoms with Crippen LogP contribution in [-0.4, -0.2) is 36.0 Å². The molecule has 0 fully saturated rings. The van der Waals surface area contributed by atoms with Gasteiger partial charge in [-0.15, -0.1) is 0 Å². The van der Waals surface area contributed by atoms with Gasteiger partial charge in [0.15, 0.2) is 0 Å². The number of ketones is 1. The molecule has 0 spiro atoms. The van der Waals surface area contributed by atoms with Gasteiger partial charge >= 0.3 is 6.09 Å². The smallest absolute Gasteiger partial charge is 0.410 e. The molecule has 16 heavy (non-hydrogen) atoms. The highest BCUT2D eigenvalue weighted by atomic mass is 16.6. The summed E-state index contributed by atoms with van der Waals surface area (Å²) in [5, 5.41) is 8.71. The Morgan fingerprint density at radius 1 is 1.44 bits per heavy atom. The van der Waals surface area contributed by atoms with E-state index in [0.717, 1.165) is 0 Å². The summed E-state index contributed by atoms with van der Waals surface area (Å²) in [5.74, 6) is -1.05. The summed E-state index contributed by atoms with van der Waals surface area (Å²) < 4.78 is 5.09. The lowest BCUT2D eigenvalue weighted by molar-refractivity contribution is -0.119. The van der Waals surface area contributed by atoms with Crippen LogP contribution >= 0.6 is 0 Å². The fourth-order valence-electron chi connectivity index (χ4n) is 0.949. The fourth-order valence-corrected chi connectivity index (χ4v) is 0.949. The van der Waals surface area contributed by atoms with Crippen molar-refractivity contribution in [2.24, 2.45) is 5.92 Å². The van der Waals surface area contributed by atoms with Gasteiger partial charge in [0, 0.05) is 13.6 Å². The van der Waals surface area contributed by atoms with Crippen molar-refractivity contribution in [3.63, 3.8) is 0 Å². The Morgan fingerprint density at radius 2 is 1.94 bits per heavy atom. The van der Waals surface area contributed by atoms with Crippen LogP contribution in [0.25, 0.3) is 0 Å². The Labute approximate surface area is 96.0 Å². The van der Waals surface area contributed by atoms with Gasteiger partial charge in [-0.1, -0.05) is 0 Å². The van der Waals surface area contributed by atoms with Crippen LogP contribution < -0.4 is 0 Å². The summed E-state index contributed by atoms with van der Waals surface area (Å²) in [6.45, 7) is 6.65. The Bertz CT molecular complexity index is 312. The summed E-state index contributed by atoms with van der Waals surface area (Å²) in [6.07, 6.45) is -0.533. The standard InChI is InChI=1S/C11H18N2O3/c1-8(14)9(6-12)7-13(5)10(15)16-11(2,3)4/h9H,7H2,1-5H3. The fraction of sp³-hybridized carbons (Fsp3) is 0.727. The van der Waals surface area contributed by atoms with Crippen molar-refractivity contribution in [1.29, 1.82) is 5.26 Å². The quantitative estimate of drug-likeness (QED) is 0.732. The van der Waals surface area contributed by atoms with Gasteiger partial charge in [-0.3, -0.25) is 4.79 Å². The van der Waals surface area contributed by atoms with Gasteiger partial charge in [-0.2, -0.15) is 5.26 Å². The second-order valence-corrected chi connectivity index (χ2v) is 4.65. The van der Waals surface area contributed by atoms with E-state index in [2.05, 4.69) is 0 Å². The van der Waals surface area contributed by atoms with Crippen LogP contribution in [0.4, 0.5) is 4.79 Å². The molecule has 5 heteroatoms. The maximum absolute atomic E-state index is 11.5. The van der Waals surface area contributed by atoms with Crippen LogP contribution in [0.3, 0.4) is 0 Å². The van der Waals surface area contributed by atoms with E-state index in [1.165, 1.54) is 18.9 Å². The van der Waals surface area contributed by atoms with Gasteiger partial charge in [-0.25, -0.2) is 4.79 Å². The first-order valence-electron chi connectivity index (χ1n) is 5.01. The van der Waals surface area contributed by atoms with Crippen molar-refractivity contribution in [1.82, 2.24) is 4.90 Å². The van der Waals surface area contributed by atoms with Crippen molar-refractivity contribution in [2.75, 3.05) is 13.6 Å². The minimum Gasteiger partial charge on any atom is -0.444 e. The molecule has 0 radical (unpaired) electrons. The zero-order chi connectivity index (χ0) is 12.9. The molecule has 0 aromatic heterocycles. The van der Waals surface area contributed by atoms with E-state index in [1.807, 2.05) is 6.07 Å². The van der Waals surface area contributed by atoms with E-state index in [9.17, 15) is 9.59 Å². The zero-order valence-corrected chi connectivity index (χ0v) is 10.4. The second-order valence-electron chi connectivity index (χ2n) is 4.65. The maximum Gasteiger partial charge on any atom is 0.410 e. The first-order chi connectivity index (χ1) is 7.17. The van der Waals surface area contributed by atoms with Gasteiger partial charge in [0.05, 0.1) is 6.07 Å². The minimum absolute atomic E-state index is 0.0563. The van der Waals surface area contributed by atoms with Gasteiger partial charge in [0.1, 0.15) is 17.3 Å². The Balaban J connectivity index is 4.37. The molecule has 1 atom stereocenters. The van der Waals surface area contributed by atoms with Gasteiger partial charge in [0.25, 0.3) is 0 Å². The molecule has 90 valence electrons. The molecule has 0 aliphatic heterocycles. The van der Waals surface area contributed by atoms with Gasteiger partial charge in [-0.05, 0) is 27.7 Å². The molecule has 0 heterocycles. The number of ether oxygens (including phenoxy) is 1. The molecule has 0 saturated heterocycles. The molecule has 0 aliphatic rings. The number of nitrogens with zero attached hydrogens (tertiary/aromatic N) is 2. The summed E-state index contributed by atoms with van der Waals surface area (Å²) in [4.78, 5) is 23.8. The minimum atomic E-state index is -0.794. The average molecular weight is 226 g/mol. The van der Waals surface area contributed by atoms with Crippen molar-refractivity contribution in [3.8, 4) is 6.07 Å². The lowest BCUT2D eigenvalue weighted by Gasteiger charge is -2.25. The van der Waals surface area contributed by atoms with E-state index in [0.29, 0.717) is 0 Å². The van der Waals surface area contributed by atoms with E-state index in [-0.39, 0.29) is 12.3 Å². The average Bonchev–Trinajstić information content (AvgIpc) is 2.10. The number of rotatable bonds is 3. The van der Waals surface area contributed by atoms with Crippen molar-refractivity contribution in [2.45, 2.75) is 33.3 Å². The van der Waals surface area contributed by atoms with E-state index >= 15 is 0 Å². The topological polar surface area (TPSA) is 70.4 Å². The van der Waals surface area contributed by atoms with E-state index in [1.54, 1.807) is 20.8 Å². The third-order valence-electron chi connectivity index (χ3n) is 1.81. The summed E-state index contributed by atoms with van der Waals surface area (Å²) in [5.41, 5.74) is -0.580. The third-order valence-corrected chi connectivity index (χ3v) is 1.81. The molecule has 1 amide bonds. The SMILES string of the molecule is CC(=O)C(C#N)CN(C)C(=O)OC(C)(C)C. The van der Waals surface area contributed by atoms with Crippen molar-refractivity contribution in [3.05, 3.63) is 0 Å². The second kappa shape index (κ2) is 5.50. The summed E-state index contributed by atoms with van der Waals surface area (Å²) >= 11 is 0. The predicted molar refractivity (Wildman–Crippen MR) is 58.6 cm³/mol. The molecule has 0 saturated carbocycles. The van der Waals surface area contributed by atoms with Crippen molar-refractivity contribution >= 4 is 11.9 Å². The molecule has 1 unspecified atom stereocenters. The van der Waals surface area contributed by atoms with Crippen molar-refractivity contribution < 1.29 is 14.3 Å². The summed E-state index contributed by atoms with van der Waals surface area (Å²) in [6, 6.07) is 1.85. The summed E-state index contributed by atoms with van der Waals surface area (Å²) in [7, 11) is 1.50. The Kier molecular flexibility index (Phi) is 4.96. The molecule has 0 N–H and O–H groups in total. The van der Waals surface area contributed by atoms with Crippen LogP contribution in [0.5, 0.6) is 0 Å². The Morgan fingerprint density at radius 3 is 2.25 bits per heavy atom. The molecule has 0 bridgehead atoms. The molecule has 0 rings (SSSR count).